The van der Waals surface area contributed by atoms with Crippen LogP contribution in [0.4, 0.5) is 13.2 Å². The van der Waals surface area contributed by atoms with E-state index in [-0.39, 0.29) is 12.7 Å². The molecule has 1 aromatic rings. The van der Waals surface area contributed by atoms with Crippen LogP contribution in [-0.4, -0.2) is 62.2 Å². The number of nitrogens with one attached hydrogen (secondary N) is 1. The first kappa shape index (κ1) is 19.6. The summed E-state index contributed by atoms with van der Waals surface area (Å²) in [6.07, 6.45) is 1.22. The number of alkyl halides is 1. The summed E-state index contributed by atoms with van der Waals surface area (Å²) in [5.41, 5.74) is 0.544. The topological polar surface area (TPSA) is 30.9 Å². The molecule has 2 rings (SSSR count). The molecule has 25 heavy (non-hydrogen) atoms. The van der Waals surface area contributed by atoms with Crippen LogP contribution in [0.5, 0.6) is 0 Å². The number of rotatable bonds is 6. The Labute approximate surface area is 147 Å². The molecule has 140 valence electrons. The number of piperazine rings is 1. The second-order valence-corrected chi connectivity index (χ2v) is 6.13. The van der Waals surface area contributed by atoms with Crippen LogP contribution in [-0.2, 0) is 0 Å². The molecule has 0 spiro atoms. The van der Waals surface area contributed by atoms with Gasteiger partial charge in [-0.2, -0.15) is 0 Å². The fourth-order valence-electron chi connectivity index (χ4n) is 3.29. The normalized spacial score (nSPS) is 17.6. The molecule has 0 amide bonds. The first-order valence-electron chi connectivity index (χ1n) is 8.81. The predicted molar refractivity (Wildman–Crippen MR) is 94.5 cm³/mol. The highest BCUT2D eigenvalue weighted by atomic mass is 19.1. The Kier molecular flexibility index (Phi) is 7.55. The van der Waals surface area contributed by atoms with Crippen molar-refractivity contribution in [2.45, 2.75) is 25.8 Å². The van der Waals surface area contributed by atoms with Gasteiger partial charge in [0.25, 0.3) is 0 Å². The Bertz CT molecular complexity index is 571. The highest BCUT2D eigenvalue weighted by Gasteiger charge is 2.27. The summed E-state index contributed by atoms with van der Waals surface area (Å²) in [6, 6.07) is 3.74. The van der Waals surface area contributed by atoms with Crippen molar-refractivity contribution in [1.29, 1.82) is 0 Å². The van der Waals surface area contributed by atoms with Gasteiger partial charge in [0.15, 0.2) is 5.96 Å². The van der Waals surface area contributed by atoms with Crippen molar-refractivity contribution in [3.63, 3.8) is 0 Å². The summed E-state index contributed by atoms with van der Waals surface area (Å²) in [4.78, 5) is 8.60. The highest BCUT2D eigenvalue weighted by Crippen LogP contribution is 2.28. The standard InChI is InChI=1S/C18H27F3N4/c1-3-17(15-6-5-14(20)13-16(15)21)24-9-11-25(12-10-24)18(22-2)23-8-4-7-19/h5-6,13,17H,3-4,7-12H2,1-2H3,(H,22,23). The molecule has 1 saturated heterocycles. The van der Waals surface area contributed by atoms with Gasteiger partial charge in [0, 0.05) is 57.4 Å². The summed E-state index contributed by atoms with van der Waals surface area (Å²) >= 11 is 0. The lowest BCUT2D eigenvalue weighted by molar-refractivity contribution is 0.124. The van der Waals surface area contributed by atoms with E-state index in [9.17, 15) is 13.2 Å². The van der Waals surface area contributed by atoms with E-state index in [0.29, 0.717) is 18.5 Å². The van der Waals surface area contributed by atoms with Crippen LogP contribution in [0.25, 0.3) is 0 Å². The van der Waals surface area contributed by atoms with Gasteiger partial charge < -0.3 is 10.2 Å². The summed E-state index contributed by atoms with van der Waals surface area (Å²) in [5, 5.41) is 3.16. The van der Waals surface area contributed by atoms with Crippen molar-refractivity contribution in [2.75, 3.05) is 46.4 Å². The van der Waals surface area contributed by atoms with E-state index in [1.807, 2.05) is 6.92 Å². The first-order valence-corrected chi connectivity index (χ1v) is 8.81. The average Bonchev–Trinajstić information content (AvgIpc) is 2.62. The van der Waals surface area contributed by atoms with Gasteiger partial charge in [0.1, 0.15) is 11.6 Å². The molecule has 7 heteroatoms. The van der Waals surface area contributed by atoms with E-state index in [1.54, 1.807) is 13.1 Å². The Balaban J connectivity index is 1.97. The van der Waals surface area contributed by atoms with Crippen molar-refractivity contribution in [2.24, 2.45) is 4.99 Å². The highest BCUT2D eigenvalue weighted by molar-refractivity contribution is 5.79. The second-order valence-electron chi connectivity index (χ2n) is 6.13. The first-order chi connectivity index (χ1) is 12.1. The third-order valence-electron chi connectivity index (χ3n) is 4.57. The minimum atomic E-state index is -0.552. The van der Waals surface area contributed by atoms with Crippen molar-refractivity contribution in [1.82, 2.24) is 15.1 Å². The number of guanidine groups is 1. The van der Waals surface area contributed by atoms with E-state index in [4.69, 9.17) is 0 Å². The van der Waals surface area contributed by atoms with Crippen molar-refractivity contribution in [3.8, 4) is 0 Å². The van der Waals surface area contributed by atoms with Gasteiger partial charge in [-0.3, -0.25) is 14.3 Å². The van der Waals surface area contributed by atoms with E-state index >= 15 is 0 Å². The zero-order chi connectivity index (χ0) is 18.2. The van der Waals surface area contributed by atoms with Gasteiger partial charge >= 0.3 is 0 Å². The van der Waals surface area contributed by atoms with Crippen LogP contribution in [0.2, 0.25) is 0 Å². The Morgan fingerprint density at radius 2 is 1.96 bits per heavy atom. The minimum Gasteiger partial charge on any atom is -0.356 e. The summed E-state index contributed by atoms with van der Waals surface area (Å²) in [7, 11) is 1.72. The van der Waals surface area contributed by atoms with Gasteiger partial charge in [0.05, 0.1) is 6.67 Å². The average molecular weight is 356 g/mol. The van der Waals surface area contributed by atoms with E-state index < -0.39 is 11.6 Å². The van der Waals surface area contributed by atoms with Crippen molar-refractivity contribution >= 4 is 5.96 Å². The Morgan fingerprint density at radius 3 is 2.52 bits per heavy atom. The lowest BCUT2D eigenvalue weighted by Crippen LogP contribution is -2.53. The molecule has 1 atom stereocenters. The number of aliphatic imine (C=N–C) groups is 1. The number of nitrogens with zero attached hydrogens (tertiary/aromatic N) is 3. The lowest BCUT2D eigenvalue weighted by Gasteiger charge is -2.40. The lowest BCUT2D eigenvalue weighted by atomic mass is 10.0. The molecular formula is C18H27F3N4. The van der Waals surface area contributed by atoms with E-state index in [2.05, 4.69) is 20.1 Å². The monoisotopic (exact) mass is 356 g/mol. The molecule has 0 aromatic heterocycles. The SMILES string of the molecule is CCC(c1ccc(F)cc1F)N1CCN(C(=NC)NCCCF)CC1. The maximum Gasteiger partial charge on any atom is 0.193 e. The zero-order valence-corrected chi connectivity index (χ0v) is 14.9. The van der Waals surface area contributed by atoms with Crippen LogP contribution in [0.15, 0.2) is 23.2 Å². The summed E-state index contributed by atoms with van der Waals surface area (Å²) in [5.74, 6) is -0.267. The molecule has 0 bridgehead atoms. The fraction of sp³-hybridized carbons (Fsp3) is 0.611. The summed E-state index contributed by atoms with van der Waals surface area (Å²) in [6.45, 7) is 5.26. The number of halogens is 3. The predicted octanol–water partition coefficient (Wildman–Crippen LogP) is 2.97. The molecule has 0 saturated carbocycles. The molecule has 1 N–H and O–H groups in total. The smallest absolute Gasteiger partial charge is 0.193 e. The number of hydrogen-bond donors (Lipinski definition) is 1. The van der Waals surface area contributed by atoms with E-state index in [1.165, 1.54) is 6.07 Å². The van der Waals surface area contributed by atoms with Crippen LogP contribution in [0.3, 0.4) is 0 Å². The fourth-order valence-corrected chi connectivity index (χ4v) is 3.29. The Morgan fingerprint density at radius 1 is 1.24 bits per heavy atom. The van der Waals surface area contributed by atoms with Crippen LogP contribution in [0, 0.1) is 11.6 Å². The van der Waals surface area contributed by atoms with Gasteiger partial charge in [0.2, 0.25) is 0 Å². The quantitative estimate of drug-likeness (QED) is 0.483. The molecule has 0 radical (unpaired) electrons. The third-order valence-corrected chi connectivity index (χ3v) is 4.57. The molecule has 1 fully saturated rings. The second kappa shape index (κ2) is 9.65. The molecular weight excluding hydrogens is 329 g/mol. The molecule has 0 aliphatic carbocycles. The van der Waals surface area contributed by atoms with Crippen LogP contribution < -0.4 is 5.32 Å². The maximum atomic E-state index is 14.1. The third kappa shape index (κ3) is 5.11. The van der Waals surface area contributed by atoms with Crippen molar-refractivity contribution < 1.29 is 13.2 Å². The minimum absolute atomic E-state index is 0.0655. The van der Waals surface area contributed by atoms with Crippen LogP contribution >= 0.6 is 0 Å². The van der Waals surface area contributed by atoms with Crippen molar-refractivity contribution in [3.05, 3.63) is 35.4 Å². The molecule has 1 aliphatic rings. The number of benzene rings is 1. The molecule has 1 heterocycles. The molecule has 1 aromatic carbocycles. The maximum absolute atomic E-state index is 14.1. The molecule has 1 aliphatic heterocycles. The van der Waals surface area contributed by atoms with Gasteiger partial charge in [-0.05, 0) is 18.9 Å². The number of hydrogen-bond acceptors (Lipinski definition) is 2. The van der Waals surface area contributed by atoms with E-state index in [0.717, 1.165) is 44.6 Å². The van der Waals surface area contributed by atoms with Gasteiger partial charge in [-0.25, -0.2) is 8.78 Å². The zero-order valence-electron chi connectivity index (χ0n) is 14.9. The van der Waals surface area contributed by atoms with Gasteiger partial charge in [-0.1, -0.05) is 13.0 Å². The molecule has 1 unspecified atom stereocenters. The largest absolute Gasteiger partial charge is 0.356 e. The summed E-state index contributed by atoms with van der Waals surface area (Å²) < 4.78 is 39.5. The van der Waals surface area contributed by atoms with Gasteiger partial charge in [-0.15, -0.1) is 0 Å². The molecule has 4 nitrogen and oxygen atoms in total. The van der Waals surface area contributed by atoms with Crippen LogP contribution in [0.1, 0.15) is 31.4 Å². The Hall–Kier alpha value is -1.76.